The first-order valence-electron chi connectivity index (χ1n) is 25.7. The average molecular weight is 1030 g/mol. The second-order valence-electron chi connectivity index (χ2n) is 18.6. The molecule has 0 unspecified atom stereocenters. The Morgan fingerprint density at radius 3 is 1.07 bits per heavy atom. The van der Waals surface area contributed by atoms with Crippen molar-refractivity contribution < 1.29 is 57.0 Å². The molecule has 396 valence electrons. The second kappa shape index (κ2) is 28.6. The van der Waals surface area contributed by atoms with Gasteiger partial charge in [0.05, 0.1) is 69.9 Å². The Kier molecular flexibility index (Phi) is 20.4. The number of hydrogen-bond donors (Lipinski definition) is 0. The first kappa shape index (κ1) is 54.3. The van der Waals surface area contributed by atoms with E-state index in [9.17, 15) is 10.1 Å². The van der Waals surface area contributed by atoms with Crippen molar-refractivity contribution in [3.63, 3.8) is 0 Å². The number of hydrogen-bond acceptors (Lipinski definition) is 13. The van der Waals surface area contributed by atoms with Crippen LogP contribution in [0.2, 0.25) is 0 Å². The van der Waals surface area contributed by atoms with Crippen molar-refractivity contribution in [1.82, 2.24) is 0 Å². The van der Waals surface area contributed by atoms with Crippen molar-refractivity contribution in [2.24, 2.45) is 0 Å². The summed E-state index contributed by atoms with van der Waals surface area (Å²) in [4.78, 5) is 11.6. The highest BCUT2D eigenvalue weighted by Gasteiger charge is 2.52. The molecule has 2 saturated heterocycles. The van der Waals surface area contributed by atoms with Crippen LogP contribution in [-0.2, 0) is 98.4 Å². The summed E-state index contributed by atoms with van der Waals surface area (Å²) in [5, 5.41) is 12.1. The van der Waals surface area contributed by atoms with Crippen LogP contribution in [0.15, 0.2) is 206 Å². The van der Waals surface area contributed by atoms with Gasteiger partial charge in [-0.3, -0.25) is 10.1 Å². The van der Waals surface area contributed by atoms with E-state index in [0.29, 0.717) is 5.56 Å². The maximum atomic E-state index is 12.1. The quantitative estimate of drug-likeness (QED) is 0.0356. The van der Waals surface area contributed by atoms with Gasteiger partial charge in [-0.1, -0.05) is 194 Å². The lowest BCUT2D eigenvalue weighted by molar-refractivity contribution is -0.386. The fourth-order valence-corrected chi connectivity index (χ4v) is 9.37. The normalized spacial score (nSPS) is 23.5. The highest BCUT2D eigenvalue weighted by molar-refractivity contribution is 5.39. The number of nitro benzene ring substituents is 1. The molecule has 2 aliphatic rings. The van der Waals surface area contributed by atoms with E-state index in [1.165, 1.54) is 6.07 Å². The fourth-order valence-electron chi connectivity index (χ4n) is 9.37. The summed E-state index contributed by atoms with van der Waals surface area (Å²) in [5.41, 5.74) is 6.05. The summed E-state index contributed by atoms with van der Waals surface area (Å²) < 4.78 is 74.8. The Balaban J connectivity index is 1.06. The SMILES string of the molecule is CO[C@@H]1O[C@H](CO[C@H]2O[C@H](COCc3ccccc3[N+](=O)[O-])[C@@H](OCc3ccccc3)[C@H](OCc3ccccc3)[C@H]2OCc2ccccc2)[C@@H](OCc2ccccc2)[C@H](OCc2ccccc2)[C@H]1OCc1ccccc1. The van der Waals surface area contributed by atoms with Crippen molar-refractivity contribution in [3.8, 4) is 0 Å². The summed E-state index contributed by atoms with van der Waals surface area (Å²) in [6, 6.07) is 65.8. The maximum Gasteiger partial charge on any atom is 0.274 e. The Hall–Kier alpha value is -6.50. The van der Waals surface area contributed by atoms with Crippen LogP contribution in [-0.4, -0.2) is 86.7 Å². The minimum absolute atomic E-state index is 0.0479. The molecule has 14 nitrogen and oxygen atoms in total. The number of nitrogens with zero attached hydrogens (tertiary/aromatic N) is 1. The molecule has 0 radical (unpaired) electrons. The van der Waals surface area contributed by atoms with Crippen molar-refractivity contribution in [2.75, 3.05) is 20.3 Å². The Bertz CT molecular complexity index is 2750. The zero-order chi connectivity index (χ0) is 52.2. The molecule has 0 N–H and O–H groups in total. The standard InChI is InChI=1S/C62H65NO13/c1-66-61-59(72-40-49-30-16-6-17-31-49)57(70-38-47-26-12-4-13-27-47)56(69-37-46-24-10-3-11-25-46)54(75-61)44-74-62-60(73-41-50-32-18-7-19-33-50)58(71-39-48-28-14-5-15-29-48)55(68-36-45-22-8-2-9-23-45)53(76-62)43-67-42-51-34-20-21-35-52(51)63(64)65/h2-35,53-62H,36-44H2,1H3/t53-,54-,55-,56-,57+,58+,59-,60-,61-,62+/m1/s1. The second-order valence-corrected chi connectivity index (χ2v) is 18.6. The van der Waals surface area contributed by atoms with Gasteiger partial charge in [0.15, 0.2) is 12.6 Å². The van der Waals surface area contributed by atoms with E-state index in [4.69, 9.17) is 52.1 Å². The van der Waals surface area contributed by atoms with E-state index in [-0.39, 0.29) is 65.1 Å². The lowest BCUT2D eigenvalue weighted by Crippen LogP contribution is -2.64. The summed E-state index contributed by atoms with van der Waals surface area (Å²) in [5.74, 6) is 0. The van der Waals surface area contributed by atoms with Gasteiger partial charge in [0.25, 0.3) is 5.69 Å². The molecule has 9 rings (SSSR count). The van der Waals surface area contributed by atoms with Gasteiger partial charge in [0.2, 0.25) is 0 Å². The maximum absolute atomic E-state index is 12.1. The van der Waals surface area contributed by atoms with Gasteiger partial charge in [-0.05, 0) is 39.4 Å². The topological polar surface area (TPSA) is 145 Å². The van der Waals surface area contributed by atoms with Crippen LogP contribution in [0.5, 0.6) is 0 Å². The van der Waals surface area contributed by atoms with E-state index in [1.807, 2.05) is 182 Å². The summed E-state index contributed by atoms with van der Waals surface area (Å²) in [7, 11) is 1.58. The van der Waals surface area contributed by atoms with E-state index in [0.717, 1.165) is 33.4 Å². The molecule has 2 heterocycles. The molecule has 2 aliphatic heterocycles. The molecule has 10 atom stereocenters. The Morgan fingerprint density at radius 1 is 0.368 bits per heavy atom. The lowest BCUT2D eigenvalue weighted by Gasteiger charge is -2.48. The van der Waals surface area contributed by atoms with Crippen molar-refractivity contribution >= 4 is 5.69 Å². The number of rotatable bonds is 27. The minimum atomic E-state index is -1.11. The number of benzene rings is 7. The van der Waals surface area contributed by atoms with Gasteiger partial charge in [0, 0.05) is 13.2 Å². The first-order chi connectivity index (χ1) is 37.5. The van der Waals surface area contributed by atoms with E-state index >= 15 is 0 Å². The predicted molar refractivity (Wildman–Crippen MR) is 283 cm³/mol. The van der Waals surface area contributed by atoms with E-state index in [1.54, 1.807) is 25.3 Å². The van der Waals surface area contributed by atoms with Gasteiger partial charge >= 0.3 is 0 Å². The Morgan fingerprint density at radius 2 is 0.684 bits per heavy atom. The van der Waals surface area contributed by atoms with Crippen molar-refractivity contribution in [2.45, 2.75) is 108 Å². The predicted octanol–water partition coefficient (Wildman–Crippen LogP) is 10.7. The molecule has 0 amide bonds. The highest BCUT2D eigenvalue weighted by Crippen LogP contribution is 2.35. The van der Waals surface area contributed by atoms with Crippen LogP contribution in [0.4, 0.5) is 5.69 Å². The van der Waals surface area contributed by atoms with Gasteiger partial charge in [-0.25, -0.2) is 0 Å². The molecule has 76 heavy (non-hydrogen) atoms. The molecule has 7 aromatic carbocycles. The third-order valence-electron chi connectivity index (χ3n) is 13.3. The summed E-state index contributed by atoms with van der Waals surface area (Å²) >= 11 is 0. The van der Waals surface area contributed by atoms with Crippen LogP contribution in [0.1, 0.15) is 38.9 Å². The molecule has 0 saturated carbocycles. The molecule has 7 aromatic rings. The van der Waals surface area contributed by atoms with Crippen molar-refractivity contribution in [1.29, 1.82) is 0 Å². The summed E-state index contributed by atoms with van der Waals surface area (Å²) in [6.45, 7) is 1.16. The molecular weight excluding hydrogens is 967 g/mol. The largest absolute Gasteiger partial charge is 0.374 e. The molecule has 0 bridgehead atoms. The highest BCUT2D eigenvalue weighted by atomic mass is 16.8. The van der Waals surface area contributed by atoms with E-state index < -0.39 is 66.3 Å². The van der Waals surface area contributed by atoms with Crippen LogP contribution in [0, 0.1) is 10.1 Å². The Labute approximate surface area is 444 Å². The van der Waals surface area contributed by atoms with Gasteiger partial charge < -0.3 is 52.1 Å². The van der Waals surface area contributed by atoms with E-state index in [2.05, 4.69) is 0 Å². The number of nitro groups is 1. The smallest absolute Gasteiger partial charge is 0.274 e. The van der Waals surface area contributed by atoms with Crippen LogP contribution in [0.25, 0.3) is 0 Å². The van der Waals surface area contributed by atoms with Crippen LogP contribution < -0.4 is 0 Å². The lowest BCUT2D eigenvalue weighted by atomic mass is 9.96. The molecule has 0 aliphatic carbocycles. The zero-order valence-electron chi connectivity index (χ0n) is 42.5. The van der Waals surface area contributed by atoms with Crippen LogP contribution >= 0.6 is 0 Å². The minimum Gasteiger partial charge on any atom is -0.374 e. The van der Waals surface area contributed by atoms with Gasteiger partial charge in [-0.15, -0.1) is 0 Å². The molecular formula is C62H65NO13. The third kappa shape index (κ3) is 15.3. The molecule has 0 spiro atoms. The number of ether oxygens (including phenoxy) is 11. The zero-order valence-corrected chi connectivity index (χ0v) is 42.5. The van der Waals surface area contributed by atoms with Crippen molar-refractivity contribution in [3.05, 3.63) is 255 Å². The fraction of sp³-hybridized carbons (Fsp3) is 0.323. The number of methoxy groups -OCH3 is 1. The van der Waals surface area contributed by atoms with Gasteiger partial charge in [0.1, 0.15) is 48.8 Å². The van der Waals surface area contributed by atoms with Crippen LogP contribution in [0.3, 0.4) is 0 Å². The third-order valence-corrected chi connectivity index (χ3v) is 13.3. The average Bonchev–Trinajstić information content (AvgIpc) is 3.47. The summed E-state index contributed by atoms with van der Waals surface area (Å²) in [6.07, 6.45) is -8.40. The first-order valence-corrected chi connectivity index (χ1v) is 25.7. The van der Waals surface area contributed by atoms with Gasteiger partial charge in [-0.2, -0.15) is 0 Å². The monoisotopic (exact) mass is 1030 g/mol. The number of para-hydroxylation sites is 1. The molecule has 0 aromatic heterocycles. The molecule has 2 fully saturated rings. The molecule has 14 heteroatoms.